The summed E-state index contributed by atoms with van der Waals surface area (Å²) in [5, 5.41) is 0.193. The quantitative estimate of drug-likeness (QED) is 0.516. The number of nitrogens with zero attached hydrogens (tertiary/aromatic N) is 1. The zero-order valence-corrected chi connectivity index (χ0v) is 19.0. The monoisotopic (exact) mass is 440 g/mol. The molecule has 2 unspecified atom stereocenters. The molecule has 1 aromatic heterocycles. The molecule has 0 amide bonds. The van der Waals surface area contributed by atoms with E-state index in [0.29, 0.717) is 22.4 Å². The van der Waals surface area contributed by atoms with Crippen molar-refractivity contribution >= 4 is 28.6 Å². The van der Waals surface area contributed by atoms with Crippen LogP contribution in [0.5, 0.6) is 0 Å². The third kappa shape index (κ3) is 5.84. The van der Waals surface area contributed by atoms with Crippen LogP contribution in [0, 0.1) is 19.7 Å². The summed E-state index contributed by atoms with van der Waals surface area (Å²) in [6.07, 6.45) is -0.0772. The summed E-state index contributed by atoms with van der Waals surface area (Å²) >= 11 is 6.26. The minimum Gasteiger partial charge on any atom is -0.469 e. The standard InChI is InChI=1S/C21H26ClFN2O3S/c1-12-7-8-15(23)13(2)20(12)14-9-16(24-18(22)10-14)17(11-19(26)28-6)25-29(27)21(3,4)5/h7-10,17,25H,11H2,1-6H3. The summed E-state index contributed by atoms with van der Waals surface area (Å²) in [7, 11) is -0.169. The number of halogens is 2. The number of carbonyl (C=O) groups is 1. The van der Waals surface area contributed by atoms with Gasteiger partial charge in [0.25, 0.3) is 0 Å². The number of rotatable bonds is 6. The second-order valence-electron chi connectivity index (χ2n) is 7.80. The van der Waals surface area contributed by atoms with Gasteiger partial charge in [-0.3, -0.25) is 4.79 Å². The molecule has 5 nitrogen and oxygen atoms in total. The number of nitrogens with one attached hydrogen (secondary N) is 1. The summed E-state index contributed by atoms with van der Waals surface area (Å²) in [6.45, 7) is 9.05. The molecular weight excluding hydrogens is 415 g/mol. The van der Waals surface area contributed by atoms with Gasteiger partial charge in [0.1, 0.15) is 11.0 Å². The van der Waals surface area contributed by atoms with Gasteiger partial charge in [-0.1, -0.05) is 17.7 Å². The summed E-state index contributed by atoms with van der Waals surface area (Å²) < 4.78 is 34.0. The SMILES string of the molecule is COC(=O)CC(NS(=O)C(C)(C)C)c1cc(-c2c(C)ccc(F)c2C)cc(Cl)n1. The fraction of sp³-hybridized carbons (Fsp3) is 0.429. The van der Waals surface area contributed by atoms with Crippen molar-refractivity contribution in [2.75, 3.05) is 7.11 Å². The number of benzene rings is 1. The number of esters is 1. The number of pyridine rings is 1. The van der Waals surface area contributed by atoms with E-state index in [1.807, 2.05) is 27.7 Å². The Labute approximate surface area is 178 Å². The molecule has 0 aliphatic rings. The minimum atomic E-state index is -1.46. The number of aryl methyl sites for hydroxylation is 1. The first-order valence-corrected chi connectivity index (χ1v) is 10.6. The lowest BCUT2D eigenvalue weighted by Gasteiger charge is -2.24. The van der Waals surface area contributed by atoms with Crippen LogP contribution in [-0.2, 0) is 20.5 Å². The van der Waals surface area contributed by atoms with E-state index < -0.39 is 27.7 Å². The molecule has 0 aliphatic carbocycles. The molecule has 0 spiro atoms. The van der Waals surface area contributed by atoms with Gasteiger partial charge in [0, 0.05) is 0 Å². The van der Waals surface area contributed by atoms with E-state index in [2.05, 4.69) is 9.71 Å². The fourth-order valence-corrected chi connectivity index (χ4v) is 3.90. The smallest absolute Gasteiger partial charge is 0.307 e. The highest BCUT2D eigenvalue weighted by Crippen LogP contribution is 2.32. The van der Waals surface area contributed by atoms with Gasteiger partial charge in [-0.05, 0) is 75.1 Å². The molecule has 0 aliphatic heterocycles. The summed E-state index contributed by atoms with van der Waals surface area (Å²) in [5.74, 6) is -0.798. The van der Waals surface area contributed by atoms with Gasteiger partial charge >= 0.3 is 5.97 Å². The molecule has 158 valence electrons. The van der Waals surface area contributed by atoms with Crippen LogP contribution >= 0.6 is 11.6 Å². The number of ether oxygens (including phenoxy) is 1. The van der Waals surface area contributed by atoms with Gasteiger partial charge in [0.15, 0.2) is 0 Å². The molecule has 1 aromatic carbocycles. The zero-order chi connectivity index (χ0) is 21.9. The van der Waals surface area contributed by atoms with Gasteiger partial charge in [-0.2, -0.15) is 0 Å². The first kappa shape index (κ1) is 23.4. The Hall–Kier alpha value is -1.83. The Morgan fingerprint density at radius 2 is 1.97 bits per heavy atom. The Kier molecular flexibility index (Phi) is 7.54. The van der Waals surface area contributed by atoms with Gasteiger partial charge in [-0.15, -0.1) is 0 Å². The maximum Gasteiger partial charge on any atom is 0.307 e. The minimum absolute atomic E-state index is 0.0772. The number of hydrogen-bond donors (Lipinski definition) is 1. The largest absolute Gasteiger partial charge is 0.469 e. The van der Waals surface area contributed by atoms with E-state index in [1.54, 1.807) is 25.1 Å². The highest BCUT2D eigenvalue weighted by Gasteiger charge is 2.27. The van der Waals surface area contributed by atoms with Gasteiger partial charge < -0.3 is 4.74 Å². The van der Waals surface area contributed by atoms with E-state index in [0.717, 1.165) is 5.56 Å². The molecule has 1 N–H and O–H groups in total. The lowest BCUT2D eigenvalue weighted by Crippen LogP contribution is -2.37. The van der Waals surface area contributed by atoms with Crippen molar-refractivity contribution in [1.82, 2.24) is 9.71 Å². The number of methoxy groups -OCH3 is 1. The normalized spacial score (nSPS) is 13.8. The lowest BCUT2D eigenvalue weighted by molar-refractivity contribution is -0.141. The van der Waals surface area contributed by atoms with Crippen molar-refractivity contribution in [3.05, 3.63) is 52.1 Å². The van der Waals surface area contributed by atoms with Crippen LogP contribution in [0.3, 0.4) is 0 Å². The first-order chi connectivity index (χ1) is 13.4. The molecular formula is C21H26ClFN2O3S. The average Bonchev–Trinajstić information content (AvgIpc) is 2.63. The molecule has 0 saturated heterocycles. The lowest BCUT2D eigenvalue weighted by atomic mass is 9.94. The Balaban J connectivity index is 2.57. The molecule has 0 saturated carbocycles. The van der Waals surface area contributed by atoms with E-state index in [9.17, 15) is 13.4 Å². The fourth-order valence-electron chi connectivity index (χ4n) is 2.87. The Bertz CT molecular complexity index is 944. The van der Waals surface area contributed by atoms with Gasteiger partial charge in [0.2, 0.25) is 0 Å². The highest BCUT2D eigenvalue weighted by atomic mass is 35.5. The Morgan fingerprint density at radius 3 is 2.55 bits per heavy atom. The molecule has 8 heteroatoms. The molecule has 2 atom stereocenters. The molecule has 1 heterocycles. The predicted molar refractivity (Wildman–Crippen MR) is 115 cm³/mol. The predicted octanol–water partition coefficient (Wildman–Crippen LogP) is 4.81. The number of carbonyl (C=O) groups excluding carboxylic acids is 1. The highest BCUT2D eigenvalue weighted by molar-refractivity contribution is 7.84. The zero-order valence-electron chi connectivity index (χ0n) is 17.4. The van der Waals surface area contributed by atoms with E-state index in [1.165, 1.54) is 13.2 Å². The van der Waals surface area contributed by atoms with Crippen molar-refractivity contribution in [2.45, 2.75) is 51.8 Å². The van der Waals surface area contributed by atoms with Crippen LogP contribution < -0.4 is 4.72 Å². The maximum atomic E-state index is 14.2. The maximum absolute atomic E-state index is 14.2. The van der Waals surface area contributed by atoms with E-state index >= 15 is 0 Å². The molecule has 0 radical (unpaired) electrons. The van der Waals surface area contributed by atoms with Crippen molar-refractivity contribution in [3.63, 3.8) is 0 Å². The second-order valence-corrected chi connectivity index (χ2v) is 10.2. The molecule has 29 heavy (non-hydrogen) atoms. The summed E-state index contributed by atoms with van der Waals surface area (Å²) in [6, 6.07) is 5.82. The van der Waals surface area contributed by atoms with Crippen molar-refractivity contribution in [1.29, 1.82) is 0 Å². The van der Waals surface area contributed by atoms with Crippen molar-refractivity contribution in [3.8, 4) is 11.1 Å². The number of aromatic nitrogens is 1. The van der Waals surface area contributed by atoms with Crippen LogP contribution in [-0.4, -0.2) is 27.0 Å². The van der Waals surface area contributed by atoms with Crippen LogP contribution in [0.1, 0.15) is 50.1 Å². The van der Waals surface area contributed by atoms with Crippen molar-refractivity contribution in [2.24, 2.45) is 0 Å². The van der Waals surface area contributed by atoms with Crippen LogP contribution in [0.15, 0.2) is 24.3 Å². The molecule has 2 aromatic rings. The van der Waals surface area contributed by atoms with Gasteiger partial charge in [0.05, 0.1) is 41.0 Å². The summed E-state index contributed by atoms with van der Waals surface area (Å²) in [4.78, 5) is 16.3. The molecule has 0 bridgehead atoms. The molecule has 2 rings (SSSR count). The second kappa shape index (κ2) is 9.32. The summed E-state index contributed by atoms with van der Waals surface area (Å²) in [5.41, 5.74) is 3.19. The third-order valence-corrected chi connectivity index (χ3v) is 6.28. The van der Waals surface area contributed by atoms with Crippen LogP contribution in [0.4, 0.5) is 4.39 Å². The third-order valence-electron chi connectivity index (χ3n) is 4.47. The number of hydrogen-bond acceptors (Lipinski definition) is 4. The van der Waals surface area contributed by atoms with Crippen LogP contribution in [0.2, 0.25) is 5.15 Å². The topological polar surface area (TPSA) is 68.3 Å². The Morgan fingerprint density at radius 1 is 1.31 bits per heavy atom. The van der Waals surface area contributed by atoms with Crippen LogP contribution in [0.25, 0.3) is 11.1 Å². The first-order valence-electron chi connectivity index (χ1n) is 9.12. The average molecular weight is 441 g/mol. The van der Waals surface area contributed by atoms with E-state index in [4.69, 9.17) is 16.3 Å². The van der Waals surface area contributed by atoms with Crippen molar-refractivity contribution < 1.29 is 18.1 Å². The van der Waals surface area contributed by atoms with E-state index in [-0.39, 0.29) is 17.4 Å². The molecule has 0 fully saturated rings. The van der Waals surface area contributed by atoms with Gasteiger partial charge in [-0.25, -0.2) is 18.3 Å².